The van der Waals surface area contributed by atoms with Crippen molar-refractivity contribution in [1.82, 2.24) is 10.2 Å². The smallest absolute Gasteiger partial charge is 0.264 e. The average Bonchev–Trinajstić information content (AvgIpc) is 3.45. The van der Waals surface area contributed by atoms with Gasteiger partial charge >= 0.3 is 0 Å². The summed E-state index contributed by atoms with van der Waals surface area (Å²) in [5, 5.41) is 3.70. The van der Waals surface area contributed by atoms with Gasteiger partial charge in [0.15, 0.2) is 0 Å². The quantitative estimate of drug-likeness (QED) is 0.275. The van der Waals surface area contributed by atoms with E-state index in [0.717, 1.165) is 52.2 Å². The van der Waals surface area contributed by atoms with Gasteiger partial charge in [-0.2, -0.15) is 0 Å². The normalized spacial score (nSPS) is 14.4. The molecule has 9 heteroatoms. The number of hydrogen-bond acceptors (Lipinski definition) is 4. The Labute approximate surface area is 254 Å². The molecule has 0 unspecified atom stereocenters. The fourth-order valence-corrected chi connectivity index (χ4v) is 7.06. The molecule has 0 heterocycles. The first kappa shape index (κ1) is 31.6. The van der Waals surface area contributed by atoms with Gasteiger partial charge < -0.3 is 10.2 Å². The van der Waals surface area contributed by atoms with Gasteiger partial charge in [0.1, 0.15) is 12.6 Å². The maximum atomic E-state index is 14.3. The van der Waals surface area contributed by atoms with Crippen LogP contribution in [0, 0.1) is 20.8 Å². The number of amides is 2. The minimum atomic E-state index is -4.11. The molecule has 1 atom stereocenters. The van der Waals surface area contributed by atoms with E-state index in [-0.39, 0.29) is 23.4 Å². The molecule has 0 saturated heterocycles. The van der Waals surface area contributed by atoms with E-state index in [4.69, 9.17) is 11.6 Å². The molecule has 3 aromatic carbocycles. The third-order valence-electron chi connectivity index (χ3n) is 7.74. The van der Waals surface area contributed by atoms with Crippen molar-refractivity contribution in [1.29, 1.82) is 0 Å². The molecule has 1 N–H and O–H groups in total. The number of carbonyl (C=O) groups excluding carboxylic acids is 2. The number of benzene rings is 3. The van der Waals surface area contributed by atoms with Crippen molar-refractivity contribution in [2.24, 2.45) is 0 Å². The lowest BCUT2D eigenvalue weighted by Gasteiger charge is -2.34. The van der Waals surface area contributed by atoms with Gasteiger partial charge in [0.05, 0.1) is 10.6 Å². The number of halogens is 1. The minimum absolute atomic E-state index is 0.0905. The molecule has 2 amide bonds. The van der Waals surface area contributed by atoms with Crippen molar-refractivity contribution in [2.75, 3.05) is 10.8 Å². The van der Waals surface area contributed by atoms with Gasteiger partial charge in [-0.15, -0.1) is 0 Å². The standard InChI is InChI=1S/C33H40ClN3O4S/c1-5-31(33(39)35-28-8-6-7-9-28)36(21-26-12-14-27(34)15-13-26)32(38)22-37(29-19-24(3)18-25(4)20-29)42(40,41)30-16-10-23(2)11-17-30/h10-20,28,31H,5-9,21-22H2,1-4H3,(H,35,39)/t31-/m0/s1. The first-order valence-corrected chi connectivity index (χ1v) is 16.3. The summed E-state index contributed by atoms with van der Waals surface area (Å²) in [6.07, 6.45) is 4.35. The molecule has 1 aliphatic carbocycles. The highest BCUT2D eigenvalue weighted by molar-refractivity contribution is 7.92. The van der Waals surface area contributed by atoms with E-state index in [9.17, 15) is 18.0 Å². The monoisotopic (exact) mass is 609 g/mol. The van der Waals surface area contributed by atoms with Crippen molar-refractivity contribution < 1.29 is 18.0 Å². The van der Waals surface area contributed by atoms with E-state index in [2.05, 4.69) is 5.32 Å². The molecule has 224 valence electrons. The zero-order valence-corrected chi connectivity index (χ0v) is 26.3. The first-order valence-electron chi connectivity index (χ1n) is 14.5. The van der Waals surface area contributed by atoms with Crippen molar-refractivity contribution in [3.8, 4) is 0 Å². The molecule has 0 aliphatic heterocycles. The van der Waals surface area contributed by atoms with E-state index in [1.165, 1.54) is 4.90 Å². The molecule has 0 bridgehead atoms. The van der Waals surface area contributed by atoms with Crippen LogP contribution < -0.4 is 9.62 Å². The number of aryl methyl sites for hydroxylation is 3. The van der Waals surface area contributed by atoms with E-state index >= 15 is 0 Å². The second-order valence-corrected chi connectivity index (χ2v) is 13.5. The van der Waals surface area contributed by atoms with Crippen LogP contribution in [0.2, 0.25) is 5.02 Å². The Kier molecular flexibility index (Phi) is 10.3. The average molecular weight is 610 g/mol. The van der Waals surface area contributed by atoms with Crippen LogP contribution in [-0.4, -0.2) is 43.8 Å². The number of nitrogens with zero attached hydrogens (tertiary/aromatic N) is 2. The van der Waals surface area contributed by atoms with E-state index in [0.29, 0.717) is 17.1 Å². The molecular weight excluding hydrogens is 570 g/mol. The highest BCUT2D eigenvalue weighted by atomic mass is 35.5. The number of nitrogens with one attached hydrogen (secondary N) is 1. The first-order chi connectivity index (χ1) is 20.0. The topological polar surface area (TPSA) is 86.8 Å². The summed E-state index contributed by atoms with van der Waals surface area (Å²) in [7, 11) is -4.11. The molecular formula is C33H40ClN3O4S. The fourth-order valence-electron chi connectivity index (χ4n) is 5.53. The molecule has 4 rings (SSSR count). The van der Waals surface area contributed by atoms with Gasteiger partial charge in [0.25, 0.3) is 10.0 Å². The lowest BCUT2D eigenvalue weighted by atomic mass is 10.1. The van der Waals surface area contributed by atoms with Crippen LogP contribution in [0.3, 0.4) is 0 Å². The number of rotatable bonds is 11. The van der Waals surface area contributed by atoms with E-state index in [1.807, 2.05) is 45.9 Å². The molecule has 7 nitrogen and oxygen atoms in total. The Hall–Kier alpha value is -3.36. The molecule has 1 saturated carbocycles. The molecule has 1 fully saturated rings. The summed E-state index contributed by atoms with van der Waals surface area (Å²) in [5.41, 5.74) is 3.87. The predicted octanol–water partition coefficient (Wildman–Crippen LogP) is 6.33. The Morgan fingerprint density at radius 2 is 1.50 bits per heavy atom. The third-order valence-corrected chi connectivity index (χ3v) is 9.78. The number of anilines is 1. The zero-order chi connectivity index (χ0) is 30.4. The van der Waals surface area contributed by atoms with Crippen LogP contribution in [0.25, 0.3) is 0 Å². The van der Waals surface area contributed by atoms with Gasteiger partial charge in [0, 0.05) is 17.6 Å². The second-order valence-electron chi connectivity index (χ2n) is 11.2. The SMILES string of the molecule is CC[C@@H](C(=O)NC1CCCC1)N(Cc1ccc(Cl)cc1)C(=O)CN(c1cc(C)cc(C)c1)S(=O)(=O)c1ccc(C)cc1. The predicted molar refractivity (Wildman–Crippen MR) is 168 cm³/mol. The van der Waals surface area contributed by atoms with Crippen molar-refractivity contribution >= 4 is 39.1 Å². The van der Waals surface area contributed by atoms with Crippen molar-refractivity contribution in [3.05, 3.63) is 94.0 Å². The second kappa shape index (κ2) is 13.7. The Morgan fingerprint density at radius 1 is 0.905 bits per heavy atom. The van der Waals surface area contributed by atoms with Crippen LogP contribution in [0.5, 0.6) is 0 Å². The maximum absolute atomic E-state index is 14.3. The fraction of sp³-hybridized carbons (Fsp3) is 0.394. The van der Waals surface area contributed by atoms with Crippen LogP contribution in [0.15, 0.2) is 71.6 Å². The van der Waals surface area contributed by atoms with Crippen molar-refractivity contribution in [3.63, 3.8) is 0 Å². The summed E-state index contributed by atoms with van der Waals surface area (Å²) in [6.45, 7) is 7.21. The van der Waals surface area contributed by atoms with Crippen LogP contribution in [-0.2, 0) is 26.2 Å². The Balaban J connectivity index is 1.73. The molecule has 0 spiro atoms. The zero-order valence-electron chi connectivity index (χ0n) is 24.8. The lowest BCUT2D eigenvalue weighted by molar-refractivity contribution is -0.140. The largest absolute Gasteiger partial charge is 0.352 e. The molecule has 42 heavy (non-hydrogen) atoms. The number of carbonyl (C=O) groups is 2. The van der Waals surface area contributed by atoms with Gasteiger partial charge in [-0.1, -0.05) is 67.3 Å². The van der Waals surface area contributed by atoms with Gasteiger partial charge in [-0.3, -0.25) is 13.9 Å². The van der Waals surface area contributed by atoms with Gasteiger partial charge in [-0.05, 0) is 93.1 Å². The number of sulfonamides is 1. The van der Waals surface area contributed by atoms with E-state index < -0.39 is 28.5 Å². The van der Waals surface area contributed by atoms with Crippen LogP contribution in [0.4, 0.5) is 5.69 Å². The summed E-state index contributed by atoms with van der Waals surface area (Å²) in [4.78, 5) is 29.4. The minimum Gasteiger partial charge on any atom is -0.352 e. The summed E-state index contributed by atoms with van der Waals surface area (Å²) >= 11 is 6.11. The maximum Gasteiger partial charge on any atom is 0.264 e. The summed E-state index contributed by atoms with van der Waals surface area (Å²) in [5.74, 6) is -0.681. The third kappa shape index (κ3) is 7.72. The molecule has 1 aliphatic rings. The molecule has 0 radical (unpaired) electrons. The Bertz CT molecular complexity index is 1480. The van der Waals surface area contributed by atoms with Crippen LogP contribution >= 0.6 is 11.6 Å². The van der Waals surface area contributed by atoms with Crippen molar-refractivity contribution in [2.45, 2.75) is 83.3 Å². The molecule has 0 aromatic heterocycles. The van der Waals surface area contributed by atoms with Gasteiger partial charge in [-0.25, -0.2) is 8.42 Å². The lowest BCUT2D eigenvalue weighted by Crippen LogP contribution is -2.53. The van der Waals surface area contributed by atoms with Gasteiger partial charge in [0.2, 0.25) is 11.8 Å². The Morgan fingerprint density at radius 3 is 2.07 bits per heavy atom. The summed E-state index contributed by atoms with van der Waals surface area (Å²) < 4.78 is 29.3. The molecule has 3 aromatic rings. The van der Waals surface area contributed by atoms with Crippen LogP contribution in [0.1, 0.15) is 61.3 Å². The highest BCUT2D eigenvalue weighted by Gasteiger charge is 2.34. The summed E-state index contributed by atoms with van der Waals surface area (Å²) in [6, 6.07) is 18.5. The highest BCUT2D eigenvalue weighted by Crippen LogP contribution is 2.27. The number of hydrogen-bond donors (Lipinski definition) is 1. The van der Waals surface area contributed by atoms with E-state index in [1.54, 1.807) is 48.5 Å².